The number of hydrogen-bond donors (Lipinski definition) is 1. The SMILES string of the molecule is CC(C)CN1C(=O)C(C)Oc2cc(NC(=O)c3cccc(Cl)c3)ccc21. The number of amides is 2. The smallest absolute Gasteiger partial charge is 0.267 e. The maximum absolute atomic E-state index is 12.4. The minimum Gasteiger partial charge on any atom is -0.479 e. The number of fused-ring (bicyclic) bond motifs is 1. The average molecular weight is 373 g/mol. The highest BCUT2D eigenvalue weighted by atomic mass is 35.5. The Morgan fingerprint density at radius 1 is 1.27 bits per heavy atom. The van der Waals surface area contributed by atoms with E-state index in [0.717, 1.165) is 5.69 Å². The highest BCUT2D eigenvalue weighted by Gasteiger charge is 2.32. The van der Waals surface area contributed by atoms with Crippen molar-refractivity contribution in [1.29, 1.82) is 0 Å². The van der Waals surface area contributed by atoms with Crippen LogP contribution < -0.4 is 15.0 Å². The van der Waals surface area contributed by atoms with E-state index in [1.54, 1.807) is 54.3 Å². The monoisotopic (exact) mass is 372 g/mol. The number of nitrogens with zero attached hydrogens (tertiary/aromatic N) is 1. The van der Waals surface area contributed by atoms with Crippen molar-refractivity contribution in [3.8, 4) is 5.75 Å². The van der Waals surface area contributed by atoms with Crippen molar-refractivity contribution in [3.63, 3.8) is 0 Å². The van der Waals surface area contributed by atoms with Gasteiger partial charge in [-0.05, 0) is 43.2 Å². The van der Waals surface area contributed by atoms with E-state index in [1.807, 2.05) is 0 Å². The van der Waals surface area contributed by atoms with Gasteiger partial charge in [-0.25, -0.2) is 0 Å². The van der Waals surface area contributed by atoms with Gasteiger partial charge in [0.1, 0.15) is 5.75 Å². The van der Waals surface area contributed by atoms with Crippen molar-refractivity contribution in [1.82, 2.24) is 0 Å². The van der Waals surface area contributed by atoms with Crippen LogP contribution in [0.3, 0.4) is 0 Å². The van der Waals surface area contributed by atoms with Gasteiger partial charge in [-0.2, -0.15) is 0 Å². The maximum Gasteiger partial charge on any atom is 0.267 e. The van der Waals surface area contributed by atoms with Crippen LogP contribution in [-0.2, 0) is 4.79 Å². The van der Waals surface area contributed by atoms with Gasteiger partial charge in [-0.15, -0.1) is 0 Å². The molecule has 0 radical (unpaired) electrons. The Morgan fingerprint density at radius 3 is 2.73 bits per heavy atom. The number of halogens is 1. The number of rotatable bonds is 4. The zero-order chi connectivity index (χ0) is 18.8. The number of nitrogens with one attached hydrogen (secondary N) is 1. The van der Waals surface area contributed by atoms with Crippen molar-refractivity contribution >= 4 is 34.8 Å². The summed E-state index contributed by atoms with van der Waals surface area (Å²) in [4.78, 5) is 26.6. The Hall–Kier alpha value is -2.53. The number of anilines is 2. The van der Waals surface area contributed by atoms with Gasteiger partial charge in [0.15, 0.2) is 6.10 Å². The van der Waals surface area contributed by atoms with Gasteiger partial charge in [-0.3, -0.25) is 9.59 Å². The van der Waals surface area contributed by atoms with E-state index >= 15 is 0 Å². The van der Waals surface area contributed by atoms with E-state index in [9.17, 15) is 9.59 Å². The Bertz CT molecular complexity index is 851. The normalized spacial score (nSPS) is 16.3. The molecule has 3 rings (SSSR count). The van der Waals surface area contributed by atoms with Crippen LogP contribution in [0, 0.1) is 5.92 Å². The topological polar surface area (TPSA) is 58.6 Å². The molecule has 1 N–H and O–H groups in total. The largest absolute Gasteiger partial charge is 0.479 e. The summed E-state index contributed by atoms with van der Waals surface area (Å²) in [6.45, 7) is 6.48. The van der Waals surface area contributed by atoms with Gasteiger partial charge in [0.05, 0.1) is 5.69 Å². The van der Waals surface area contributed by atoms with Gasteiger partial charge >= 0.3 is 0 Å². The number of hydrogen-bond acceptors (Lipinski definition) is 3. The van der Waals surface area contributed by atoms with Crippen LogP contribution >= 0.6 is 11.6 Å². The molecule has 0 aromatic heterocycles. The second-order valence-corrected chi connectivity index (χ2v) is 7.19. The quantitative estimate of drug-likeness (QED) is 0.867. The van der Waals surface area contributed by atoms with Crippen molar-refractivity contribution < 1.29 is 14.3 Å². The third-order valence-corrected chi connectivity index (χ3v) is 4.30. The zero-order valence-corrected chi connectivity index (χ0v) is 15.7. The average Bonchev–Trinajstić information content (AvgIpc) is 2.58. The van der Waals surface area contributed by atoms with Crippen molar-refractivity contribution in [2.24, 2.45) is 5.92 Å². The van der Waals surface area contributed by atoms with Gasteiger partial charge < -0.3 is 15.0 Å². The van der Waals surface area contributed by atoms with Crippen LogP contribution in [0.15, 0.2) is 42.5 Å². The Kier molecular flexibility index (Phi) is 5.18. The molecule has 0 spiro atoms. The van der Waals surface area contributed by atoms with Crippen molar-refractivity contribution in [3.05, 3.63) is 53.1 Å². The summed E-state index contributed by atoms with van der Waals surface area (Å²) in [6.07, 6.45) is -0.555. The fraction of sp³-hybridized carbons (Fsp3) is 0.300. The summed E-state index contributed by atoms with van der Waals surface area (Å²) >= 11 is 5.94. The van der Waals surface area contributed by atoms with E-state index in [1.165, 1.54) is 0 Å². The molecular formula is C20H21ClN2O3. The molecule has 0 aliphatic carbocycles. The van der Waals surface area contributed by atoms with Gasteiger partial charge in [-0.1, -0.05) is 31.5 Å². The number of carbonyl (C=O) groups excluding carboxylic acids is 2. The second kappa shape index (κ2) is 7.38. The number of ether oxygens (including phenoxy) is 1. The highest BCUT2D eigenvalue weighted by Crippen LogP contribution is 2.36. The number of benzene rings is 2. The molecule has 0 fully saturated rings. The maximum atomic E-state index is 12.4. The first-order valence-corrected chi connectivity index (χ1v) is 8.92. The van der Waals surface area contributed by atoms with Crippen LogP contribution in [-0.4, -0.2) is 24.5 Å². The minimum atomic E-state index is -0.555. The molecule has 1 unspecified atom stereocenters. The van der Waals surface area contributed by atoms with Crippen LogP contribution in [0.25, 0.3) is 0 Å². The number of carbonyl (C=O) groups is 2. The molecule has 6 heteroatoms. The molecule has 1 atom stereocenters. The fourth-order valence-electron chi connectivity index (χ4n) is 2.87. The van der Waals surface area contributed by atoms with E-state index in [0.29, 0.717) is 34.5 Å². The Morgan fingerprint density at radius 2 is 2.04 bits per heavy atom. The molecule has 2 aromatic carbocycles. The fourth-order valence-corrected chi connectivity index (χ4v) is 3.07. The van der Waals surface area contributed by atoms with E-state index in [2.05, 4.69) is 19.2 Å². The summed E-state index contributed by atoms with van der Waals surface area (Å²) in [5.41, 5.74) is 1.79. The summed E-state index contributed by atoms with van der Waals surface area (Å²) < 4.78 is 5.74. The Labute approximate surface area is 157 Å². The minimum absolute atomic E-state index is 0.0538. The van der Waals surface area contributed by atoms with Crippen molar-refractivity contribution in [2.75, 3.05) is 16.8 Å². The lowest BCUT2D eigenvalue weighted by Crippen LogP contribution is -2.46. The van der Waals surface area contributed by atoms with Crippen LogP contribution in [0.2, 0.25) is 5.02 Å². The molecule has 2 amide bonds. The third-order valence-electron chi connectivity index (χ3n) is 4.06. The van der Waals surface area contributed by atoms with E-state index in [4.69, 9.17) is 16.3 Å². The van der Waals surface area contributed by atoms with E-state index in [-0.39, 0.29) is 11.8 Å². The molecule has 26 heavy (non-hydrogen) atoms. The molecule has 1 heterocycles. The predicted molar refractivity (Wildman–Crippen MR) is 103 cm³/mol. The first-order valence-electron chi connectivity index (χ1n) is 8.54. The Balaban J connectivity index is 1.85. The molecule has 1 aliphatic rings. The standard InChI is InChI=1S/C20H21ClN2O3/c1-12(2)11-23-17-8-7-16(10-18(17)26-13(3)20(23)25)22-19(24)14-5-4-6-15(21)9-14/h4-10,12-13H,11H2,1-3H3,(H,22,24). The highest BCUT2D eigenvalue weighted by molar-refractivity contribution is 6.31. The molecule has 0 saturated heterocycles. The van der Waals surface area contributed by atoms with Crippen LogP contribution in [0.4, 0.5) is 11.4 Å². The summed E-state index contributed by atoms with van der Waals surface area (Å²) in [7, 11) is 0. The van der Waals surface area contributed by atoms with Crippen molar-refractivity contribution in [2.45, 2.75) is 26.9 Å². The molecule has 0 bridgehead atoms. The van der Waals surface area contributed by atoms with Crippen LogP contribution in [0.1, 0.15) is 31.1 Å². The molecule has 136 valence electrons. The molecule has 1 aliphatic heterocycles. The first-order chi connectivity index (χ1) is 12.3. The molecular weight excluding hydrogens is 352 g/mol. The summed E-state index contributed by atoms with van der Waals surface area (Å²) in [5.74, 6) is 0.606. The lowest BCUT2D eigenvalue weighted by atomic mass is 10.1. The summed E-state index contributed by atoms with van der Waals surface area (Å²) in [6, 6.07) is 12.1. The molecule has 5 nitrogen and oxygen atoms in total. The van der Waals surface area contributed by atoms with Gasteiger partial charge in [0.2, 0.25) is 0 Å². The third kappa shape index (κ3) is 3.83. The zero-order valence-electron chi connectivity index (χ0n) is 15.0. The van der Waals surface area contributed by atoms with Gasteiger partial charge in [0.25, 0.3) is 11.8 Å². The van der Waals surface area contributed by atoms with Crippen LogP contribution in [0.5, 0.6) is 5.75 Å². The van der Waals surface area contributed by atoms with Gasteiger partial charge in [0, 0.05) is 28.9 Å². The molecule has 0 saturated carbocycles. The van der Waals surface area contributed by atoms with E-state index < -0.39 is 6.10 Å². The lowest BCUT2D eigenvalue weighted by Gasteiger charge is -2.34. The summed E-state index contributed by atoms with van der Waals surface area (Å²) in [5, 5.41) is 3.34. The lowest BCUT2D eigenvalue weighted by molar-refractivity contribution is -0.125. The second-order valence-electron chi connectivity index (χ2n) is 6.75. The molecule has 2 aromatic rings. The first kappa shape index (κ1) is 18.3. The predicted octanol–water partition coefficient (Wildman–Crippen LogP) is 4.36.